The Bertz CT molecular complexity index is 858. The molecule has 0 aliphatic heterocycles. The summed E-state index contributed by atoms with van der Waals surface area (Å²) in [5.74, 6) is 1.04. The highest BCUT2D eigenvalue weighted by Crippen LogP contribution is 2.30. The molecule has 0 spiro atoms. The molecule has 1 aromatic heterocycles. The van der Waals surface area contributed by atoms with Gasteiger partial charge < -0.3 is 15.1 Å². The third-order valence-electron chi connectivity index (χ3n) is 4.43. The lowest BCUT2D eigenvalue weighted by Gasteiger charge is -2.16. The van der Waals surface area contributed by atoms with Gasteiger partial charge >= 0.3 is 0 Å². The summed E-state index contributed by atoms with van der Waals surface area (Å²) < 4.78 is 5.93. The highest BCUT2D eigenvalue weighted by atomic mass is 32.1. The molecular formula is C19H22N4O2S. The van der Waals surface area contributed by atoms with Crippen molar-refractivity contribution in [3.8, 4) is 0 Å². The summed E-state index contributed by atoms with van der Waals surface area (Å²) >= 11 is 4.81. The minimum absolute atomic E-state index is 0.115. The van der Waals surface area contributed by atoms with Gasteiger partial charge in [-0.1, -0.05) is 30.3 Å². The number of hydrazone groups is 1. The standard InChI is InChI=1S/C19H22N4O2S/c1-12-16-14(21-22-19(20)26)9-6-10-15(16)25-17(12)18(24)23(2)11-13-7-4-3-5-8-13/h3-5,7-8H,6,9-11H2,1-2H3,(H3,20,22,26)/b21-14+. The van der Waals surface area contributed by atoms with Crippen molar-refractivity contribution >= 4 is 28.9 Å². The van der Waals surface area contributed by atoms with E-state index in [1.165, 1.54) is 0 Å². The Labute approximate surface area is 158 Å². The van der Waals surface area contributed by atoms with Crippen molar-refractivity contribution in [3.05, 3.63) is 58.5 Å². The van der Waals surface area contributed by atoms with Crippen molar-refractivity contribution in [2.75, 3.05) is 7.05 Å². The van der Waals surface area contributed by atoms with E-state index in [0.717, 1.165) is 47.4 Å². The van der Waals surface area contributed by atoms with E-state index >= 15 is 0 Å². The van der Waals surface area contributed by atoms with E-state index in [4.69, 9.17) is 22.4 Å². The Kier molecular flexibility index (Phi) is 5.37. The van der Waals surface area contributed by atoms with Crippen LogP contribution in [0.1, 0.15) is 45.8 Å². The van der Waals surface area contributed by atoms with E-state index in [2.05, 4.69) is 10.5 Å². The van der Waals surface area contributed by atoms with E-state index < -0.39 is 0 Å². The van der Waals surface area contributed by atoms with Crippen molar-refractivity contribution in [2.24, 2.45) is 10.8 Å². The smallest absolute Gasteiger partial charge is 0.289 e. The lowest BCUT2D eigenvalue weighted by atomic mass is 9.93. The summed E-state index contributed by atoms with van der Waals surface area (Å²) in [6.45, 7) is 2.42. The second kappa shape index (κ2) is 7.70. The van der Waals surface area contributed by atoms with Crippen molar-refractivity contribution < 1.29 is 9.21 Å². The number of carbonyl (C=O) groups is 1. The molecular weight excluding hydrogens is 348 g/mol. The van der Waals surface area contributed by atoms with Crippen LogP contribution in [0.2, 0.25) is 0 Å². The SMILES string of the molecule is Cc1c(C(=O)N(C)Cc2ccccc2)oc2c1/C(=N/NC(N)=S)CCC2. The fourth-order valence-corrected chi connectivity index (χ4v) is 3.25. The topological polar surface area (TPSA) is 83.9 Å². The van der Waals surface area contributed by atoms with Crippen LogP contribution in [0, 0.1) is 6.92 Å². The number of amides is 1. The number of nitrogens with two attached hydrogens (primary N) is 1. The van der Waals surface area contributed by atoms with E-state index in [-0.39, 0.29) is 11.0 Å². The van der Waals surface area contributed by atoms with Crippen LogP contribution in [0.4, 0.5) is 0 Å². The van der Waals surface area contributed by atoms with E-state index in [9.17, 15) is 4.79 Å². The summed E-state index contributed by atoms with van der Waals surface area (Å²) in [4.78, 5) is 14.6. The molecule has 0 saturated carbocycles. The predicted molar refractivity (Wildman–Crippen MR) is 105 cm³/mol. The second-order valence-electron chi connectivity index (χ2n) is 6.39. The number of carbonyl (C=O) groups excluding carboxylic acids is 1. The zero-order chi connectivity index (χ0) is 18.7. The van der Waals surface area contributed by atoms with Gasteiger partial charge in [0.1, 0.15) is 5.76 Å². The normalized spacial score (nSPS) is 14.8. The van der Waals surface area contributed by atoms with Crippen LogP contribution in [-0.2, 0) is 13.0 Å². The highest BCUT2D eigenvalue weighted by molar-refractivity contribution is 7.80. The fraction of sp³-hybridized carbons (Fsp3) is 0.316. The number of hydrogen-bond acceptors (Lipinski definition) is 4. The van der Waals surface area contributed by atoms with Gasteiger partial charge in [0.05, 0.1) is 5.71 Å². The van der Waals surface area contributed by atoms with Gasteiger partial charge in [-0.3, -0.25) is 10.2 Å². The number of furan rings is 1. The van der Waals surface area contributed by atoms with Gasteiger partial charge in [0.25, 0.3) is 5.91 Å². The lowest BCUT2D eigenvalue weighted by Crippen LogP contribution is -2.27. The predicted octanol–water partition coefficient (Wildman–Crippen LogP) is 2.73. The van der Waals surface area contributed by atoms with Crippen LogP contribution >= 0.6 is 12.2 Å². The minimum atomic E-state index is -0.137. The fourth-order valence-electron chi connectivity index (χ4n) is 3.21. The van der Waals surface area contributed by atoms with Gasteiger partial charge in [-0.15, -0.1) is 0 Å². The van der Waals surface area contributed by atoms with E-state index in [1.54, 1.807) is 11.9 Å². The Morgan fingerprint density at radius 3 is 2.77 bits per heavy atom. The lowest BCUT2D eigenvalue weighted by molar-refractivity contribution is 0.0750. The molecule has 3 rings (SSSR count). The average molecular weight is 370 g/mol. The zero-order valence-corrected chi connectivity index (χ0v) is 15.7. The summed E-state index contributed by atoms with van der Waals surface area (Å²) in [6, 6.07) is 9.87. The van der Waals surface area contributed by atoms with Crippen molar-refractivity contribution in [3.63, 3.8) is 0 Å². The van der Waals surface area contributed by atoms with Gasteiger partial charge in [0.15, 0.2) is 10.9 Å². The maximum Gasteiger partial charge on any atom is 0.289 e. The van der Waals surface area contributed by atoms with Crippen LogP contribution in [0.25, 0.3) is 0 Å². The van der Waals surface area contributed by atoms with Gasteiger partial charge in [0.2, 0.25) is 0 Å². The molecule has 1 aliphatic carbocycles. The molecule has 0 radical (unpaired) electrons. The maximum atomic E-state index is 12.9. The minimum Gasteiger partial charge on any atom is -0.455 e. The van der Waals surface area contributed by atoms with Crippen molar-refractivity contribution in [1.29, 1.82) is 0 Å². The van der Waals surface area contributed by atoms with Crippen LogP contribution in [0.5, 0.6) is 0 Å². The Balaban J connectivity index is 1.86. The summed E-state index contributed by atoms with van der Waals surface area (Å²) in [5.41, 5.74) is 11.7. The number of hydrogen-bond donors (Lipinski definition) is 2. The summed E-state index contributed by atoms with van der Waals surface area (Å²) in [7, 11) is 1.78. The van der Waals surface area contributed by atoms with Gasteiger partial charge in [-0.25, -0.2) is 0 Å². The average Bonchev–Trinajstić information content (AvgIpc) is 2.97. The van der Waals surface area contributed by atoms with Crippen LogP contribution < -0.4 is 11.2 Å². The Hall–Kier alpha value is -2.67. The number of nitrogens with one attached hydrogen (secondary N) is 1. The number of nitrogens with zero attached hydrogens (tertiary/aromatic N) is 2. The van der Waals surface area contributed by atoms with Crippen LogP contribution in [0.15, 0.2) is 39.9 Å². The molecule has 0 atom stereocenters. The molecule has 136 valence electrons. The van der Waals surface area contributed by atoms with Gasteiger partial charge in [-0.05, 0) is 37.5 Å². The summed E-state index contributed by atoms with van der Waals surface area (Å²) in [5, 5.41) is 4.40. The molecule has 1 aromatic carbocycles. The van der Waals surface area contributed by atoms with Crippen molar-refractivity contribution in [1.82, 2.24) is 10.3 Å². The first-order chi connectivity index (χ1) is 12.5. The molecule has 0 saturated heterocycles. The number of aryl methyl sites for hydroxylation is 1. The number of rotatable bonds is 4. The quantitative estimate of drug-likeness (QED) is 0.639. The second-order valence-corrected chi connectivity index (χ2v) is 6.83. The molecule has 7 heteroatoms. The van der Waals surface area contributed by atoms with E-state index in [1.807, 2.05) is 37.3 Å². The highest BCUT2D eigenvalue weighted by Gasteiger charge is 2.29. The van der Waals surface area contributed by atoms with Gasteiger partial charge in [0, 0.05) is 31.1 Å². The maximum absolute atomic E-state index is 12.9. The van der Waals surface area contributed by atoms with Crippen molar-refractivity contribution in [2.45, 2.75) is 32.7 Å². The molecule has 0 bridgehead atoms. The monoisotopic (exact) mass is 370 g/mol. The summed E-state index contributed by atoms with van der Waals surface area (Å²) in [6.07, 6.45) is 2.49. The molecule has 3 N–H and O–H groups in total. The number of fused-ring (bicyclic) bond motifs is 1. The number of thiocarbonyl (C=S) groups is 1. The number of benzene rings is 1. The van der Waals surface area contributed by atoms with Crippen LogP contribution in [0.3, 0.4) is 0 Å². The molecule has 0 unspecified atom stereocenters. The molecule has 2 aromatic rings. The largest absolute Gasteiger partial charge is 0.455 e. The Morgan fingerprint density at radius 2 is 2.08 bits per heavy atom. The van der Waals surface area contributed by atoms with Crippen LogP contribution in [-0.4, -0.2) is 28.7 Å². The van der Waals surface area contributed by atoms with Gasteiger partial charge in [-0.2, -0.15) is 5.10 Å². The molecule has 1 amide bonds. The third-order valence-corrected chi connectivity index (χ3v) is 4.52. The van der Waals surface area contributed by atoms with E-state index in [0.29, 0.717) is 12.3 Å². The molecule has 1 heterocycles. The molecule has 1 aliphatic rings. The first-order valence-corrected chi connectivity index (χ1v) is 8.92. The zero-order valence-electron chi connectivity index (χ0n) is 14.9. The first kappa shape index (κ1) is 18.1. The molecule has 6 nitrogen and oxygen atoms in total. The molecule has 0 fully saturated rings. The third kappa shape index (κ3) is 3.77. The molecule has 26 heavy (non-hydrogen) atoms. The first-order valence-electron chi connectivity index (χ1n) is 8.51. The Morgan fingerprint density at radius 1 is 1.35 bits per heavy atom.